The maximum atomic E-state index is 12.0. The lowest BCUT2D eigenvalue weighted by Gasteiger charge is -2.00. The Morgan fingerprint density at radius 2 is 2.04 bits per heavy atom. The molecule has 0 saturated carbocycles. The molecular weight excluding hydrogens is 308 g/mol. The van der Waals surface area contributed by atoms with Crippen molar-refractivity contribution in [3.8, 4) is 11.3 Å². The number of benzene rings is 1. The van der Waals surface area contributed by atoms with Gasteiger partial charge in [-0.25, -0.2) is 4.98 Å². The zero-order chi connectivity index (χ0) is 16.2. The van der Waals surface area contributed by atoms with Crippen molar-refractivity contribution in [1.29, 1.82) is 0 Å². The third-order valence-corrected chi connectivity index (χ3v) is 4.31. The Morgan fingerprint density at radius 1 is 1.26 bits per heavy atom. The summed E-state index contributed by atoms with van der Waals surface area (Å²) in [6.07, 6.45) is 0.996. The molecule has 0 fully saturated rings. The SMILES string of the molecule is Cc1nc(CCC(=O)Nc2cc(-c3ccccc3)ns2)[nH]c1C. The fraction of sp³-hybridized carbons (Fsp3) is 0.235. The summed E-state index contributed by atoms with van der Waals surface area (Å²) in [5, 5.41) is 3.66. The smallest absolute Gasteiger partial charge is 0.225 e. The van der Waals surface area contributed by atoms with Gasteiger partial charge in [-0.15, -0.1) is 0 Å². The highest BCUT2D eigenvalue weighted by Crippen LogP contribution is 2.25. The maximum Gasteiger partial charge on any atom is 0.225 e. The summed E-state index contributed by atoms with van der Waals surface area (Å²) in [5.74, 6) is 0.824. The van der Waals surface area contributed by atoms with Crippen LogP contribution >= 0.6 is 11.5 Å². The minimum Gasteiger partial charge on any atom is -0.346 e. The molecule has 1 aromatic carbocycles. The summed E-state index contributed by atoms with van der Waals surface area (Å²) in [4.78, 5) is 19.6. The number of amides is 1. The number of aryl methyl sites for hydroxylation is 3. The lowest BCUT2D eigenvalue weighted by atomic mass is 10.1. The second-order valence-corrected chi connectivity index (χ2v) is 6.19. The molecule has 0 aliphatic carbocycles. The number of carbonyl (C=O) groups is 1. The van der Waals surface area contributed by atoms with Crippen LogP contribution < -0.4 is 5.32 Å². The summed E-state index contributed by atoms with van der Waals surface area (Å²) in [5.41, 5.74) is 3.96. The second kappa shape index (κ2) is 6.75. The van der Waals surface area contributed by atoms with Crippen molar-refractivity contribution in [2.45, 2.75) is 26.7 Å². The molecule has 0 saturated heterocycles. The van der Waals surface area contributed by atoms with Crippen molar-refractivity contribution < 1.29 is 4.79 Å². The van der Waals surface area contributed by atoms with Crippen molar-refractivity contribution in [2.24, 2.45) is 0 Å². The fourth-order valence-electron chi connectivity index (χ4n) is 2.25. The Labute approximate surface area is 139 Å². The molecule has 2 heterocycles. The molecule has 1 amide bonds. The normalized spacial score (nSPS) is 10.7. The van der Waals surface area contributed by atoms with Crippen LogP contribution in [0.25, 0.3) is 11.3 Å². The average molecular weight is 326 g/mol. The highest BCUT2D eigenvalue weighted by molar-refractivity contribution is 7.10. The van der Waals surface area contributed by atoms with Crippen LogP contribution in [-0.2, 0) is 11.2 Å². The molecule has 6 heteroatoms. The number of hydrogen-bond acceptors (Lipinski definition) is 4. The number of rotatable bonds is 5. The molecular formula is C17H18N4OS. The summed E-state index contributed by atoms with van der Waals surface area (Å²) in [6, 6.07) is 11.8. The maximum absolute atomic E-state index is 12.0. The molecule has 118 valence electrons. The van der Waals surface area contributed by atoms with Gasteiger partial charge in [-0.3, -0.25) is 4.79 Å². The minimum atomic E-state index is -0.0278. The van der Waals surface area contributed by atoms with Crippen molar-refractivity contribution in [1.82, 2.24) is 14.3 Å². The standard InChI is InChI=1S/C17H18N4OS/c1-11-12(2)19-15(18-11)8-9-16(22)20-17-10-14(21-23-17)13-6-4-3-5-7-13/h3-7,10H,8-9H2,1-2H3,(H,18,19)(H,20,22). The number of anilines is 1. The van der Waals surface area contributed by atoms with Gasteiger partial charge in [0.05, 0.1) is 11.4 Å². The van der Waals surface area contributed by atoms with E-state index in [0.717, 1.165) is 33.5 Å². The van der Waals surface area contributed by atoms with Crippen LogP contribution in [0.4, 0.5) is 5.00 Å². The van der Waals surface area contributed by atoms with Crippen molar-refractivity contribution in [3.63, 3.8) is 0 Å². The zero-order valence-electron chi connectivity index (χ0n) is 13.1. The lowest BCUT2D eigenvalue weighted by molar-refractivity contribution is -0.116. The molecule has 5 nitrogen and oxygen atoms in total. The molecule has 23 heavy (non-hydrogen) atoms. The van der Waals surface area contributed by atoms with E-state index >= 15 is 0 Å². The highest BCUT2D eigenvalue weighted by atomic mass is 32.1. The number of nitrogens with one attached hydrogen (secondary N) is 2. The van der Waals surface area contributed by atoms with Gasteiger partial charge in [0.1, 0.15) is 10.8 Å². The van der Waals surface area contributed by atoms with Gasteiger partial charge < -0.3 is 10.3 Å². The van der Waals surface area contributed by atoms with E-state index in [-0.39, 0.29) is 5.91 Å². The molecule has 2 aromatic heterocycles. The van der Waals surface area contributed by atoms with Crippen LogP contribution in [0.15, 0.2) is 36.4 Å². The molecule has 2 N–H and O–H groups in total. The molecule has 0 aliphatic heterocycles. The predicted octanol–water partition coefficient (Wildman–Crippen LogP) is 3.72. The van der Waals surface area contributed by atoms with E-state index in [4.69, 9.17) is 0 Å². The quantitative estimate of drug-likeness (QED) is 0.750. The van der Waals surface area contributed by atoms with Crippen molar-refractivity contribution >= 4 is 22.4 Å². The van der Waals surface area contributed by atoms with Gasteiger partial charge >= 0.3 is 0 Å². The van der Waals surface area contributed by atoms with Gasteiger partial charge in [0, 0.05) is 30.2 Å². The van der Waals surface area contributed by atoms with Gasteiger partial charge in [-0.05, 0) is 25.4 Å². The minimum absolute atomic E-state index is 0.0278. The number of H-pyrrole nitrogens is 1. The fourth-order valence-corrected chi connectivity index (χ4v) is 2.93. The van der Waals surface area contributed by atoms with Crippen molar-refractivity contribution in [3.05, 3.63) is 53.6 Å². The average Bonchev–Trinajstić information content (AvgIpc) is 3.13. The molecule has 0 aliphatic rings. The number of carbonyl (C=O) groups excluding carboxylic acids is 1. The topological polar surface area (TPSA) is 70.7 Å². The van der Waals surface area contributed by atoms with Crippen LogP contribution in [-0.4, -0.2) is 20.2 Å². The van der Waals surface area contributed by atoms with Crippen LogP contribution in [0.2, 0.25) is 0 Å². The molecule has 0 bridgehead atoms. The first-order valence-electron chi connectivity index (χ1n) is 7.46. The Bertz CT molecular complexity index is 788. The van der Waals surface area contributed by atoms with Crippen LogP contribution in [0.1, 0.15) is 23.6 Å². The number of imidazole rings is 1. The van der Waals surface area contributed by atoms with Crippen LogP contribution in [0, 0.1) is 13.8 Å². The van der Waals surface area contributed by atoms with Gasteiger partial charge in [0.2, 0.25) is 5.91 Å². The van der Waals surface area contributed by atoms with E-state index in [0.29, 0.717) is 12.8 Å². The molecule has 0 radical (unpaired) electrons. The van der Waals surface area contributed by atoms with E-state index < -0.39 is 0 Å². The second-order valence-electron chi connectivity index (χ2n) is 5.38. The molecule has 0 atom stereocenters. The van der Waals surface area contributed by atoms with Gasteiger partial charge in [0.15, 0.2) is 0 Å². The molecule has 0 unspecified atom stereocenters. The number of hydrogen-bond donors (Lipinski definition) is 2. The largest absolute Gasteiger partial charge is 0.346 e. The summed E-state index contributed by atoms with van der Waals surface area (Å²) in [7, 11) is 0. The molecule has 3 rings (SSSR count). The Hall–Kier alpha value is -2.47. The van der Waals surface area contributed by atoms with E-state index in [1.54, 1.807) is 0 Å². The first-order chi connectivity index (χ1) is 11.1. The molecule has 3 aromatic rings. The Kier molecular flexibility index (Phi) is 4.52. The van der Waals surface area contributed by atoms with E-state index in [9.17, 15) is 4.79 Å². The summed E-state index contributed by atoms with van der Waals surface area (Å²) in [6.45, 7) is 3.94. The van der Waals surface area contributed by atoms with Gasteiger partial charge in [0.25, 0.3) is 0 Å². The Morgan fingerprint density at radius 3 is 2.74 bits per heavy atom. The third kappa shape index (κ3) is 3.84. The Balaban J connectivity index is 1.57. The zero-order valence-corrected chi connectivity index (χ0v) is 13.9. The predicted molar refractivity (Wildman–Crippen MR) is 92.6 cm³/mol. The lowest BCUT2D eigenvalue weighted by Crippen LogP contribution is -2.11. The van der Waals surface area contributed by atoms with Gasteiger partial charge in [-0.1, -0.05) is 30.3 Å². The van der Waals surface area contributed by atoms with Gasteiger partial charge in [-0.2, -0.15) is 4.37 Å². The van der Waals surface area contributed by atoms with Crippen LogP contribution in [0.3, 0.4) is 0 Å². The third-order valence-electron chi connectivity index (χ3n) is 3.61. The number of aromatic amines is 1. The van der Waals surface area contributed by atoms with E-state index in [1.807, 2.05) is 50.2 Å². The highest BCUT2D eigenvalue weighted by Gasteiger charge is 2.09. The van der Waals surface area contributed by atoms with Crippen LogP contribution in [0.5, 0.6) is 0 Å². The number of aromatic nitrogens is 3. The monoisotopic (exact) mass is 326 g/mol. The summed E-state index contributed by atoms with van der Waals surface area (Å²) < 4.78 is 4.38. The van der Waals surface area contributed by atoms with Crippen molar-refractivity contribution in [2.75, 3.05) is 5.32 Å². The molecule has 0 spiro atoms. The van der Waals surface area contributed by atoms with E-state index in [1.165, 1.54) is 11.5 Å². The number of nitrogens with zero attached hydrogens (tertiary/aromatic N) is 2. The first kappa shape index (κ1) is 15.4. The first-order valence-corrected chi connectivity index (χ1v) is 8.23. The summed E-state index contributed by atoms with van der Waals surface area (Å²) >= 11 is 1.30. The van der Waals surface area contributed by atoms with E-state index in [2.05, 4.69) is 19.7 Å².